The molecular weight excluding hydrogens is 510 g/mol. The van der Waals surface area contributed by atoms with Crippen molar-refractivity contribution in [2.75, 3.05) is 38.5 Å². The molecule has 0 spiro atoms. The standard InChI is InChI=1S/C20H30F3N5O.HI/c1-4-5-18(29)26-17-8-6-16(7-9-17)14-25-19(24-3)28-12-10-27(11-13-28)15(2)20(21,22)23;/h6-9,15H,4-5,10-14H2,1-3H3,(H,24,25)(H,26,29);1H. The Kier molecular flexibility index (Phi) is 10.9. The number of carbonyl (C=O) groups excluding carboxylic acids is 1. The van der Waals surface area contributed by atoms with Crippen molar-refractivity contribution >= 4 is 41.5 Å². The fourth-order valence-electron chi connectivity index (χ4n) is 3.20. The van der Waals surface area contributed by atoms with Gasteiger partial charge >= 0.3 is 6.18 Å². The lowest BCUT2D eigenvalue weighted by molar-refractivity contribution is -0.181. The largest absolute Gasteiger partial charge is 0.403 e. The zero-order chi connectivity index (χ0) is 21.4. The highest BCUT2D eigenvalue weighted by molar-refractivity contribution is 14.0. The van der Waals surface area contributed by atoms with Crippen molar-refractivity contribution in [1.29, 1.82) is 0 Å². The van der Waals surface area contributed by atoms with Crippen LogP contribution in [0.5, 0.6) is 0 Å². The number of hydrogen-bond acceptors (Lipinski definition) is 3. The van der Waals surface area contributed by atoms with Crippen LogP contribution >= 0.6 is 24.0 Å². The SMILES string of the molecule is CCCC(=O)Nc1ccc(CNC(=NC)N2CCN(C(C)C(F)(F)F)CC2)cc1.I. The third kappa shape index (κ3) is 7.93. The van der Waals surface area contributed by atoms with Crippen molar-refractivity contribution in [2.24, 2.45) is 4.99 Å². The van der Waals surface area contributed by atoms with E-state index in [-0.39, 0.29) is 29.9 Å². The molecule has 0 bridgehead atoms. The molecule has 0 aliphatic carbocycles. The molecule has 10 heteroatoms. The molecule has 6 nitrogen and oxygen atoms in total. The van der Waals surface area contributed by atoms with E-state index in [1.807, 2.05) is 36.1 Å². The van der Waals surface area contributed by atoms with Gasteiger partial charge in [-0.25, -0.2) is 0 Å². The van der Waals surface area contributed by atoms with Crippen LogP contribution < -0.4 is 10.6 Å². The second-order valence-electron chi connectivity index (χ2n) is 7.14. The smallest absolute Gasteiger partial charge is 0.352 e. The summed E-state index contributed by atoms with van der Waals surface area (Å²) in [5.74, 6) is 0.669. The van der Waals surface area contributed by atoms with Gasteiger partial charge in [0.1, 0.15) is 6.04 Å². The van der Waals surface area contributed by atoms with Gasteiger partial charge in [-0.1, -0.05) is 19.1 Å². The van der Waals surface area contributed by atoms with E-state index in [0.29, 0.717) is 45.1 Å². The minimum absolute atomic E-state index is 0. The number of alkyl halides is 3. The molecule has 1 fully saturated rings. The lowest BCUT2D eigenvalue weighted by Gasteiger charge is -2.39. The fourth-order valence-corrected chi connectivity index (χ4v) is 3.20. The number of rotatable bonds is 6. The van der Waals surface area contributed by atoms with Crippen LogP contribution in [0.1, 0.15) is 32.3 Å². The third-order valence-electron chi connectivity index (χ3n) is 5.01. The van der Waals surface area contributed by atoms with Crippen LogP contribution in [-0.4, -0.2) is 67.1 Å². The Morgan fingerprint density at radius 3 is 2.27 bits per heavy atom. The van der Waals surface area contributed by atoms with Gasteiger partial charge in [0.15, 0.2) is 5.96 Å². The Morgan fingerprint density at radius 1 is 1.17 bits per heavy atom. The zero-order valence-electron chi connectivity index (χ0n) is 17.6. The van der Waals surface area contributed by atoms with Crippen LogP contribution in [0.25, 0.3) is 0 Å². The maximum atomic E-state index is 12.9. The molecule has 0 radical (unpaired) electrons. The maximum Gasteiger partial charge on any atom is 0.403 e. The summed E-state index contributed by atoms with van der Waals surface area (Å²) in [6.07, 6.45) is -2.91. The van der Waals surface area contributed by atoms with Gasteiger partial charge in [-0.3, -0.25) is 14.7 Å². The Bertz CT molecular complexity index is 689. The molecule has 1 atom stereocenters. The maximum absolute atomic E-state index is 12.9. The van der Waals surface area contributed by atoms with Gasteiger partial charge in [-0.15, -0.1) is 24.0 Å². The van der Waals surface area contributed by atoms with Crippen LogP contribution in [0.2, 0.25) is 0 Å². The summed E-state index contributed by atoms with van der Waals surface area (Å²) >= 11 is 0. The number of aliphatic imine (C=N–C) groups is 1. The number of amides is 1. The lowest BCUT2D eigenvalue weighted by Crippen LogP contribution is -2.56. The number of nitrogens with zero attached hydrogens (tertiary/aromatic N) is 3. The van der Waals surface area contributed by atoms with E-state index in [2.05, 4.69) is 15.6 Å². The molecule has 1 saturated heterocycles. The summed E-state index contributed by atoms with van der Waals surface area (Å²) in [5.41, 5.74) is 1.77. The van der Waals surface area contributed by atoms with Gasteiger partial charge in [-0.2, -0.15) is 13.2 Å². The Labute approximate surface area is 193 Å². The third-order valence-corrected chi connectivity index (χ3v) is 5.01. The molecular formula is C20H31F3IN5O. The summed E-state index contributed by atoms with van der Waals surface area (Å²) in [6.45, 7) is 5.36. The van der Waals surface area contributed by atoms with E-state index in [1.54, 1.807) is 7.05 Å². The van der Waals surface area contributed by atoms with E-state index in [4.69, 9.17) is 0 Å². The van der Waals surface area contributed by atoms with Gasteiger partial charge in [0.25, 0.3) is 0 Å². The summed E-state index contributed by atoms with van der Waals surface area (Å²) < 4.78 is 38.7. The number of anilines is 1. The van der Waals surface area contributed by atoms with E-state index < -0.39 is 12.2 Å². The van der Waals surface area contributed by atoms with Gasteiger partial charge in [-0.05, 0) is 31.0 Å². The van der Waals surface area contributed by atoms with E-state index in [9.17, 15) is 18.0 Å². The molecule has 1 aliphatic heterocycles. The summed E-state index contributed by atoms with van der Waals surface area (Å²) in [4.78, 5) is 19.3. The van der Waals surface area contributed by atoms with Crippen molar-refractivity contribution in [2.45, 2.75) is 45.5 Å². The number of benzene rings is 1. The van der Waals surface area contributed by atoms with Gasteiger partial charge in [0.05, 0.1) is 0 Å². The molecule has 1 unspecified atom stereocenters. The number of guanidine groups is 1. The van der Waals surface area contributed by atoms with Crippen molar-refractivity contribution in [1.82, 2.24) is 15.1 Å². The summed E-state index contributed by atoms with van der Waals surface area (Å²) in [7, 11) is 1.67. The Balaban J connectivity index is 0.00000450. The molecule has 1 aromatic carbocycles. The van der Waals surface area contributed by atoms with Crippen LogP contribution in [-0.2, 0) is 11.3 Å². The normalized spacial score (nSPS) is 16.6. The van der Waals surface area contributed by atoms with E-state index in [1.165, 1.54) is 11.8 Å². The number of piperazine rings is 1. The molecule has 30 heavy (non-hydrogen) atoms. The molecule has 1 amide bonds. The summed E-state index contributed by atoms with van der Waals surface area (Å²) in [6, 6.07) is 6.11. The van der Waals surface area contributed by atoms with E-state index >= 15 is 0 Å². The predicted molar refractivity (Wildman–Crippen MR) is 124 cm³/mol. The Hall–Kier alpha value is -1.56. The second kappa shape index (κ2) is 12.3. The minimum atomic E-state index is -4.20. The topological polar surface area (TPSA) is 60.0 Å². The van der Waals surface area contributed by atoms with Gasteiger partial charge < -0.3 is 15.5 Å². The molecule has 2 rings (SSSR count). The van der Waals surface area contributed by atoms with Crippen molar-refractivity contribution in [3.8, 4) is 0 Å². The van der Waals surface area contributed by atoms with Crippen LogP contribution in [0.3, 0.4) is 0 Å². The minimum Gasteiger partial charge on any atom is -0.352 e. The molecule has 1 aromatic rings. The first-order chi connectivity index (χ1) is 13.7. The number of hydrogen-bond donors (Lipinski definition) is 2. The fraction of sp³-hybridized carbons (Fsp3) is 0.600. The molecule has 2 N–H and O–H groups in total. The molecule has 1 heterocycles. The van der Waals surface area contributed by atoms with Crippen LogP contribution in [0.4, 0.5) is 18.9 Å². The first-order valence-corrected chi connectivity index (χ1v) is 9.89. The molecule has 0 saturated carbocycles. The predicted octanol–water partition coefficient (Wildman–Crippen LogP) is 3.69. The monoisotopic (exact) mass is 541 g/mol. The molecule has 170 valence electrons. The van der Waals surface area contributed by atoms with Crippen LogP contribution in [0.15, 0.2) is 29.3 Å². The quantitative estimate of drug-likeness (QED) is 0.328. The average Bonchev–Trinajstić information content (AvgIpc) is 2.69. The highest BCUT2D eigenvalue weighted by Gasteiger charge is 2.41. The molecule has 1 aliphatic rings. The first-order valence-electron chi connectivity index (χ1n) is 9.89. The summed E-state index contributed by atoms with van der Waals surface area (Å²) in [5, 5.41) is 6.10. The van der Waals surface area contributed by atoms with Crippen molar-refractivity contribution < 1.29 is 18.0 Å². The van der Waals surface area contributed by atoms with Gasteiger partial charge in [0, 0.05) is 51.9 Å². The highest BCUT2D eigenvalue weighted by atomic mass is 127. The highest BCUT2D eigenvalue weighted by Crippen LogP contribution is 2.25. The number of nitrogens with one attached hydrogen (secondary N) is 2. The number of carbonyl (C=O) groups is 1. The molecule has 0 aromatic heterocycles. The Morgan fingerprint density at radius 2 is 1.77 bits per heavy atom. The zero-order valence-corrected chi connectivity index (χ0v) is 20.0. The van der Waals surface area contributed by atoms with Crippen LogP contribution in [0, 0.1) is 0 Å². The van der Waals surface area contributed by atoms with Gasteiger partial charge in [0.2, 0.25) is 5.91 Å². The number of halogens is 4. The van der Waals surface area contributed by atoms with Crippen molar-refractivity contribution in [3.05, 3.63) is 29.8 Å². The van der Waals surface area contributed by atoms with Crippen molar-refractivity contribution in [3.63, 3.8) is 0 Å². The van der Waals surface area contributed by atoms with E-state index in [0.717, 1.165) is 17.7 Å². The second-order valence-corrected chi connectivity index (χ2v) is 7.14. The average molecular weight is 541 g/mol. The lowest BCUT2D eigenvalue weighted by atomic mass is 10.2. The first kappa shape index (κ1) is 26.5.